The van der Waals surface area contributed by atoms with Crippen LogP contribution in [-0.4, -0.2) is 12.6 Å². The lowest BCUT2D eigenvalue weighted by Crippen LogP contribution is -2.19. The number of nitrogens with two attached hydrogens (primary N) is 1. The molecule has 2 rings (SSSR count). The van der Waals surface area contributed by atoms with Crippen molar-refractivity contribution in [2.75, 3.05) is 6.61 Å². The Labute approximate surface area is 104 Å². The molecule has 0 heterocycles. The molecule has 0 amide bonds. The number of aryl methyl sites for hydroxylation is 1. The average Bonchev–Trinajstić information content (AvgIpc) is 3.06. The maximum Gasteiger partial charge on any atom is 0.125 e. The molecule has 1 unspecified atom stereocenters. The summed E-state index contributed by atoms with van der Waals surface area (Å²) in [6.07, 6.45) is 3.54. The average molecular weight is 233 g/mol. The highest BCUT2D eigenvalue weighted by atomic mass is 16.5. The maximum atomic E-state index is 6.02. The zero-order valence-corrected chi connectivity index (χ0v) is 11.1. The molecule has 17 heavy (non-hydrogen) atoms. The van der Waals surface area contributed by atoms with E-state index in [2.05, 4.69) is 26.0 Å². The van der Waals surface area contributed by atoms with Gasteiger partial charge in [-0.05, 0) is 62.6 Å². The summed E-state index contributed by atoms with van der Waals surface area (Å²) in [5, 5.41) is 0. The first-order valence-corrected chi connectivity index (χ1v) is 6.55. The Hall–Kier alpha value is -1.02. The number of benzene rings is 1. The van der Waals surface area contributed by atoms with E-state index >= 15 is 0 Å². The van der Waals surface area contributed by atoms with Gasteiger partial charge >= 0.3 is 0 Å². The van der Waals surface area contributed by atoms with Crippen molar-refractivity contribution in [2.45, 2.75) is 46.1 Å². The summed E-state index contributed by atoms with van der Waals surface area (Å²) in [7, 11) is 0. The molecular weight excluding hydrogens is 210 g/mol. The molecule has 2 N–H and O–H groups in total. The molecule has 1 aromatic carbocycles. The van der Waals surface area contributed by atoms with E-state index in [-0.39, 0.29) is 6.04 Å². The van der Waals surface area contributed by atoms with Crippen molar-refractivity contribution in [2.24, 2.45) is 11.7 Å². The molecule has 0 aliphatic heterocycles. The predicted molar refractivity (Wildman–Crippen MR) is 71.5 cm³/mol. The van der Waals surface area contributed by atoms with Gasteiger partial charge < -0.3 is 10.5 Å². The highest BCUT2D eigenvalue weighted by Gasteiger charge is 2.23. The Morgan fingerprint density at radius 2 is 2.06 bits per heavy atom. The first kappa shape index (κ1) is 12.4. The van der Waals surface area contributed by atoms with Crippen molar-refractivity contribution in [3.63, 3.8) is 0 Å². The lowest BCUT2D eigenvalue weighted by Gasteiger charge is -2.17. The summed E-state index contributed by atoms with van der Waals surface area (Å²) >= 11 is 0. The molecule has 2 nitrogen and oxygen atoms in total. The normalized spacial score (nSPS) is 16.9. The maximum absolute atomic E-state index is 6.02. The molecule has 1 aromatic rings. The quantitative estimate of drug-likeness (QED) is 0.848. The van der Waals surface area contributed by atoms with Crippen LogP contribution in [0.15, 0.2) is 12.1 Å². The molecule has 1 fully saturated rings. The molecule has 0 saturated heterocycles. The van der Waals surface area contributed by atoms with Crippen LogP contribution in [0.5, 0.6) is 5.75 Å². The molecule has 94 valence electrons. The lowest BCUT2D eigenvalue weighted by atomic mass is 10.00. The van der Waals surface area contributed by atoms with Crippen LogP contribution in [0.1, 0.15) is 36.5 Å². The van der Waals surface area contributed by atoms with E-state index in [0.29, 0.717) is 0 Å². The highest BCUT2D eigenvalue weighted by Crippen LogP contribution is 2.32. The third-order valence-corrected chi connectivity index (χ3v) is 3.46. The van der Waals surface area contributed by atoms with Crippen LogP contribution in [0.25, 0.3) is 0 Å². The van der Waals surface area contributed by atoms with Gasteiger partial charge in [0.05, 0.1) is 6.61 Å². The molecule has 2 heteroatoms. The minimum atomic E-state index is 0.181. The van der Waals surface area contributed by atoms with Crippen LogP contribution < -0.4 is 10.5 Å². The van der Waals surface area contributed by atoms with Crippen molar-refractivity contribution in [3.05, 3.63) is 28.8 Å². The molecule has 1 aliphatic carbocycles. The number of ether oxygens (including phenoxy) is 1. The van der Waals surface area contributed by atoms with Gasteiger partial charge in [-0.15, -0.1) is 0 Å². The van der Waals surface area contributed by atoms with Crippen LogP contribution in [-0.2, 0) is 6.42 Å². The summed E-state index contributed by atoms with van der Waals surface area (Å²) in [4.78, 5) is 0. The van der Waals surface area contributed by atoms with E-state index in [1.54, 1.807) is 0 Å². The van der Waals surface area contributed by atoms with Crippen LogP contribution in [0.3, 0.4) is 0 Å². The Kier molecular flexibility index (Phi) is 3.72. The summed E-state index contributed by atoms with van der Waals surface area (Å²) in [6.45, 7) is 7.19. The minimum Gasteiger partial charge on any atom is -0.493 e. The van der Waals surface area contributed by atoms with Crippen LogP contribution >= 0.6 is 0 Å². The van der Waals surface area contributed by atoms with Gasteiger partial charge in [0.2, 0.25) is 0 Å². The monoisotopic (exact) mass is 233 g/mol. The Morgan fingerprint density at radius 3 is 2.65 bits per heavy atom. The van der Waals surface area contributed by atoms with E-state index < -0.39 is 0 Å². The third kappa shape index (κ3) is 3.22. The van der Waals surface area contributed by atoms with E-state index in [4.69, 9.17) is 10.5 Å². The second-order valence-electron chi connectivity index (χ2n) is 5.43. The van der Waals surface area contributed by atoms with E-state index in [0.717, 1.165) is 24.7 Å². The Morgan fingerprint density at radius 1 is 1.35 bits per heavy atom. The van der Waals surface area contributed by atoms with Crippen LogP contribution in [0, 0.1) is 19.8 Å². The molecule has 1 atom stereocenters. The number of rotatable bonds is 5. The summed E-state index contributed by atoms with van der Waals surface area (Å²) < 4.78 is 6.02. The first-order chi connectivity index (χ1) is 8.08. The van der Waals surface area contributed by atoms with Crippen molar-refractivity contribution >= 4 is 0 Å². The van der Waals surface area contributed by atoms with Gasteiger partial charge in [-0.25, -0.2) is 0 Å². The molecule has 0 spiro atoms. The zero-order valence-electron chi connectivity index (χ0n) is 11.1. The lowest BCUT2D eigenvalue weighted by molar-refractivity contribution is 0.294. The second-order valence-corrected chi connectivity index (χ2v) is 5.43. The van der Waals surface area contributed by atoms with Gasteiger partial charge in [-0.1, -0.05) is 12.1 Å². The largest absolute Gasteiger partial charge is 0.493 e. The fourth-order valence-electron chi connectivity index (χ4n) is 2.04. The highest BCUT2D eigenvalue weighted by molar-refractivity contribution is 5.45. The van der Waals surface area contributed by atoms with Gasteiger partial charge in [-0.3, -0.25) is 0 Å². The van der Waals surface area contributed by atoms with E-state index in [1.165, 1.54) is 29.5 Å². The van der Waals surface area contributed by atoms with Gasteiger partial charge in [-0.2, -0.15) is 0 Å². The minimum absolute atomic E-state index is 0.181. The van der Waals surface area contributed by atoms with E-state index in [9.17, 15) is 0 Å². The number of hydrogen-bond donors (Lipinski definition) is 1. The number of hydrogen-bond acceptors (Lipinski definition) is 2. The smallest absolute Gasteiger partial charge is 0.125 e. The fourth-order valence-corrected chi connectivity index (χ4v) is 2.04. The van der Waals surface area contributed by atoms with Crippen molar-refractivity contribution in [1.29, 1.82) is 0 Å². The third-order valence-electron chi connectivity index (χ3n) is 3.46. The molecule has 0 aromatic heterocycles. The molecular formula is C15H23NO. The second kappa shape index (κ2) is 5.09. The molecule has 0 bridgehead atoms. The summed E-state index contributed by atoms with van der Waals surface area (Å²) in [5.41, 5.74) is 9.71. The van der Waals surface area contributed by atoms with Crippen molar-refractivity contribution < 1.29 is 4.74 Å². The summed E-state index contributed by atoms with van der Waals surface area (Å²) in [6, 6.07) is 4.51. The summed E-state index contributed by atoms with van der Waals surface area (Å²) in [5.74, 6) is 1.87. The van der Waals surface area contributed by atoms with Gasteiger partial charge in [0.15, 0.2) is 0 Å². The van der Waals surface area contributed by atoms with Gasteiger partial charge in [0.25, 0.3) is 0 Å². The molecule has 1 aliphatic rings. The standard InChI is InChI=1S/C15H23NO/c1-10-4-7-14(8-11(2)16)15(12(10)3)17-9-13-5-6-13/h4,7,11,13H,5-6,8-9,16H2,1-3H3. The van der Waals surface area contributed by atoms with Crippen LogP contribution in [0.2, 0.25) is 0 Å². The fraction of sp³-hybridized carbons (Fsp3) is 0.600. The molecule has 1 saturated carbocycles. The Bertz CT molecular complexity index is 394. The first-order valence-electron chi connectivity index (χ1n) is 6.55. The van der Waals surface area contributed by atoms with Gasteiger partial charge in [0, 0.05) is 6.04 Å². The van der Waals surface area contributed by atoms with Crippen molar-refractivity contribution in [3.8, 4) is 5.75 Å². The predicted octanol–water partition coefficient (Wildman–Crippen LogP) is 2.98. The van der Waals surface area contributed by atoms with Gasteiger partial charge in [0.1, 0.15) is 5.75 Å². The Balaban J connectivity index is 2.19. The zero-order chi connectivity index (χ0) is 12.4. The topological polar surface area (TPSA) is 35.2 Å². The molecule has 0 radical (unpaired) electrons. The SMILES string of the molecule is Cc1ccc(CC(C)N)c(OCC2CC2)c1C. The van der Waals surface area contributed by atoms with Crippen LogP contribution in [0.4, 0.5) is 0 Å². The van der Waals surface area contributed by atoms with E-state index in [1.807, 2.05) is 6.92 Å². The van der Waals surface area contributed by atoms with Crippen molar-refractivity contribution in [1.82, 2.24) is 0 Å².